The lowest BCUT2D eigenvalue weighted by Gasteiger charge is -2.12. The first-order valence-corrected chi connectivity index (χ1v) is 8.21. The van der Waals surface area contributed by atoms with E-state index in [0.717, 1.165) is 43.5 Å². The summed E-state index contributed by atoms with van der Waals surface area (Å²) in [5, 5.41) is 11.1. The minimum Gasteiger partial charge on any atom is -0.497 e. The van der Waals surface area contributed by atoms with Crippen LogP contribution in [-0.4, -0.2) is 36.4 Å². The third-order valence-corrected chi connectivity index (χ3v) is 3.79. The van der Waals surface area contributed by atoms with Crippen molar-refractivity contribution in [3.63, 3.8) is 0 Å². The molecule has 1 aromatic heterocycles. The van der Waals surface area contributed by atoms with Gasteiger partial charge in [-0.05, 0) is 44.0 Å². The molecule has 0 unspecified atom stereocenters. The van der Waals surface area contributed by atoms with Gasteiger partial charge in [0.15, 0.2) is 5.96 Å². The average molecular weight is 457 g/mol. The maximum atomic E-state index is 5.16. The lowest BCUT2D eigenvalue weighted by Crippen LogP contribution is -2.37. The van der Waals surface area contributed by atoms with E-state index in [1.807, 2.05) is 35.9 Å². The maximum absolute atomic E-state index is 5.16. The first-order chi connectivity index (χ1) is 11.6. The van der Waals surface area contributed by atoms with Gasteiger partial charge in [-0.3, -0.25) is 9.67 Å². The second-order valence-corrected chi connectivity index (χ2v) is 5.70. The summed E-state index contributed by atoms with van der Waals surface area (Å²) in [6.07, 6.45) is 0.991. The monoisotopic (exact) mass is 457 g/mol. The second kappa shape index (κ2) is 11.0. The Hall–Kier alpha value is -1.77. The number of methoxy groups -OCH3 is 1. The van der Waals surface area contributed by atoms with Gasteiger partial charge in [-0.15, -0.1) is 24.0 Å². The zero-order valence-corrected chi connectivity index (χ0v) is 17.7. The van der Waals surface area contributed by atoms with Crippen molar-refractivity contribution < 1.29 is 4.74 Å². The van der Waals surface area contributed by atoms with Gasteiger partial charge in [0.2, 0.25) is 0 Å². The molecule has 2 aromatic rings. The third kappa shape index (κ3) is 6.93. The predicted molar refractivity (Wildman–Crippen MR) is 113 cm³/mol. The molecular weight excluding hydrogens is 429 g/mol. The van der Waals surface area contributed by atoms with Crippen LogP contribution in [0.25, 0.3) is 0 Å². The Kier molecular flexibility index (Phi) is 9.33. The van der Waals surface area contributed by atoms with Crippen molar-refractivity contribution >= 4 is 29.9 Å². The molecule has 6 nitrogen and oxygen atoms in total. The van der Waals surface area contributed by atoms with E-state index in [1.54, 1.807) is 14.2 Å². The van der Waals surface area contributed by atoms with Crippen molar-refractivity contribution in [3.05, 3.63) is 47.3 Å². The van der Waals surface area contributed by atoms with Crippen LogP contribution in [-0.2, 0) is 13.1 Å². The topological polar surface area (TPSA) is 63.5 Å². The summed E-state index contributed by atoms with van der Waals surface area (Å²) >= 11 is 0. The molecule has 1 aromatic carbocycles. The van der Waals surface area contributed by atoms with E-state index in [4.69, 9.17) is 4.74 Å². The fourth-order valence-electron chi connectivity index (χ4n) is 2.49. The third-order valence-electron chi connectivity index (χ3n) is 3.79. The number of nitrogens with one attached hydrogen (secondary N) is 2. The summed E-state index contributed by atoms with van der Waals surface area (Å²) in [7, 11) is 3.45. The van der Waals surface area contributed by atoms with Gasteiger partial charge in [0.25, 0.3) is 0 Å². The fraction of sp³-hybridized carbons (Fsp3) is 0.444. The molecule has 138 valence electrons. The number of hydrogen-bond acceptors (Lipinski definition) is 3. The number of guanidine groups is 1. The molecule has 0 fully saturated rings. The number of halogens is 1. The van der Waals surface area contributed by atoms with Crippen LogP contribution >= 0.6 is 24.0 Å². The van der Waals surface area contributed by atoms with Gasteiger partial charge < -0.3 is 15.4 Å². The fourth-order valence-corrected chi connectivity index (χ4v) is 2.49. The smallest absolute Gasteiger partial charge is 0.191 e. The quantitative estimate of drug-likeness (QED) is 0.291. The standard InChI is InChI=1S/C18H27N5O.HI/c1-14-12-15(2)23(22-14)11-5-10-20-18(19-3)21-13-16-6-8-17(24-4)9-7-16;/h6-9,12H,5,10-11,13H2,1-4H3,(H2,19,20,21);1H. The van der Waals surface area contributed by atoms with Crippen LogP contribution in [0, 0.1) is 13.8 Å². The average Bonchev–Trinajstić information content (AvgIpc) is 2.92. The highest BCUT2D eigenvalue weighted by Gasteiger charge is 2.02. The summed E-state index contributed by atoms with van der Waals surface area (Å²) < 4.78 is 7.21. The number of nitrogens with zero attached hydrogens (tertiary/aromatic N) is 3. The van der Waals surface area contributed by atoms with Gasteiger partial charge in [0.05, 0.1) is 12.8 Å². The van der Waals surface area contributed by atoms with Crippen LogP contribution in [0.1, 0.15) is 23.4 Å². The van der Waals surface area contributed by atoms with Crippen molar-refractivity contribution in [2.75, 3.05) is 20.7 Å². The van der Waals surface area contributed by atoms with Crippen LogP contribution in [0.4, 0.5) is 0 Å². The first kappa shape index (κ1) is 21.3. The van der Waals surface area contributed by atoms with E-state index in [1.165, 1.54) is 11.3 Å². The summed E-state index contributed by atoms with van der Waals surface area (Å²) in [4.78, 5) is 4.25. The zero-order valence-electron chi connectivity index (χ0n) is 15.4. The van der Waals surface area contributed by atoms with Crippen molar-refractivity contribution in [1.82, 2.24) is 20.4 Å². The SMILES string of the molecule is CN=C(NCCCn1nc(C)cc1C)NCc1ccc(OC)cc1.I. The van der Waals surface area contributed by atoms with Gasteiger partial charge in [-0.25, -0.2) is 0 Å². The molecule has 0 spiro atoms. The molecule has 7 heteroatoms. The molecule has 0 aliphatic carbocycles. The van der Waals surface area contributed by atoms with Crippen molar-refractivity contribution in [3.8, 4) is 5.75 Å². The Morgan fingerprint density at radius 2 is 1.92 bits per heavy atom. The molecule has 0 bridgehead atoms. The van der Waals surface area contributed by atoms with E-state index in [-0.39, 0.29) is 24.0 Å². The number of rotatable bonds is 7. The normalized spacial score (nSPS) is 11.0. The van der Waals surface area contributed by atoms with E-state index < -0.39 is 0 Å². The van der Waals surface area contributed by atoms with Gasteiger partial charge in [0.1, 0.15) is 5.75 Å². The van der Waals surface area contributed by atoms with Crippen LogP contribution in [0.2, 0.25) is 0 Å². The maximum Gasteiger partial charge on any atom is 0.191 e. The summed E-state index contributed by atoms with van der Waals surface area (Å²) in [6.45, 7) is 6.58. The molecule has 2 N–H and O–H groups in total. The summed E-state index contributed by atoms with van der Waals surface area (Å²) in [6, 6.07) is 10.1. The Morgan fingerprint density at radius 1 is 1.20 bits per heavy atom. The molecule has 0 amide bonds. The minimum atomic E-state index is 0. The van der Waals surface area contributed by atoms with E-state index in [2.05, 4.69) is 33.7 Å². The number of ether oxygens (including phenoxy) is 1. The first-order valence-electron chi connectivity index (χ1n) is 8.21. The molecule has 0 atom stereocenters. The van der Waals surface area contributed by atoms with Gasteiger partial charge in [-0.2, -0.15) is 5.10 Å². The van der Waals surface area contributed by atoms with Crippen LogP contribution in [0.5, 0.6) is 5.75 Å². The lowest BCUT2D eigenvalue weighted by molar-refractivity contribution is 0.414. The Morgan fingerprint density at radius 3 is 2.48 bits per heavy atom. The number of benzene rings is 1. The van der Waals surface area contributed by atoms with Crippen LogP contribution in [0.15, 0.2) is 35.3 Å². The Balaban J connectivity index is 0.00000312. The molecule has 0 aliphatic heterocycles. The highest BCUT2D eigenvalue weighted by atomic mass is 127. The van der Waals surface area contributed by atoms with Gasteiger partial charge >= 0.3 is 0 Å². The van der Waals surface area contributed by atoms with E-state index in [0.29, 0.717) is 0 Å². The van der Waals surface area contributed by atoms with Gasteiger partial charge in [0, 0.05) is 32.4 Å². The molecule has 0 aliphatic rings. The highest BCUT2D eigenvalue weighted by molar-refractivity contribution is 14.0. The number of hydrogen-bond donors (Lipinski definition) is 2. The predicted octanol–water partition coefficient (Wildman–Crippen LogP) is 2.88. The van der Waals surface area contributed by atoms with Crippen molar-refractivity contribution in [2.24, 2.45) is 4.99 Å². The van der Waals surface area contributed by atoms with E-state index >= 15 is 0 Å². The molecular formula is C18H28IN5O. The minimum absolute atomic E-state index is 0. The van der Waals surface area contributed by atoms with Crippen LogP contribution < -0.4 is 15.4 Å². The zero-order chi connectivity index (χ0) is 17.4. The number of aryl methyl sites for hydroxylation is 3. The lowest BCUT2D eigenvalue weighted by atomic mass is 10.2. The molecule has 25 heavy (non-hydrogen) atoms. The molecule has 0 saturated carbocycles. The molecule has 1 heterocycles. The van der Waals surface area contributed by atoms with Crippen molar-refractivity contribution in [1.29, 1.82) is 0 Å². The van der Waals surface area contributed by atoms with Crippen LogP contribution in [0.3, 0.4) is 0 Å². The van der Waals surface area contributed by atoms with E-state index in [9.17, 15) is 0 Å². The Labute approximate surface area is 167 Å². The molecule has 2 rings (SSSR count). The summed E-state index contributed by atoms with van der Waals surface area (Å²) in [5.41, 5.74) is 3.45. The van der Waals surface area contributed by atoms with Gasteiger partial charge in [-0.1, -0.05) is 12.1 Å². The van der Waals surface area contributed by atoms with Crippen molar-refractivity contribution in [2.45, 2.75) is 33.4 Å². The number of aliphatic imine (C=N–C) groups is 1. The highest BCUT2D eigenvalue weighted by Crippen LogP contribution is 2.10. The summed E-state index contributed by atoms with van der Waals surface area (Å²) in [5.74, 6) is 1.67. The number of aromatic nitrogens is 2. The molecule has 0 saturated heterocycles. The largest absolute Gasteiger partial charge is 0.497 e. The second-order valence-electron chi connectivity index (χ2n) is 5.70. The Bertz CT molecular complexity index is 667. The molecule has 0 radical (unpaired) electrons.